The average Bonchev–Trinajstić information content (AvgIpc) is 2.55. The third-order valence-corrected chi connectivity index (χ3v) is 5.83. The summed E-state index contributed by atoms with van der Waals surface area (Å²) >= 11 is 3.35. The monoisotopic (exact) mass is 407 g/mol. The number of morpholine rings is 1. The fraction of sp³-hybridized carbons (Fsp3) is 0.600. The molecule has 6 nitrogen and oxygen atoms in total. The Kier molecular flexibility index (Phi) is 7.29. The molecule has 0 atom stereocenters. The van der Waals surface area contributed by atoms with Crippen molar-refractivity contribution in [1.29, 1.82) is 0 Å². The summed E-state index contributed by atoms with van der Waals surface area (Å²) in [6, 6.07) is 4.81. The molecule has 1 aliphatic rings. The van der Waals surface area contributed by atoms with Crippen LogP contribution in [0.1, 0.15) is 13.3 Å². The number of hydrogen-bond acceptors (Lipinski definition) is 4. The van der Waals surface area contributed by atoms with Gasteiger partial charge in [0.05, 0.1) is 35.7 Å². The van der Waals surface area contributed by atoms with E-state index in [2.05, 4.69) is 20.7 Å². The molecule has 0 spiro atoms. The Morgan fingerprint density at radius 1 is 1.35 bits per heavy atom. The molecule has 0 bridgehead atoms. The van der Waals surface area contributed by atoms with E-state index in [0.29, 0.717) is 18.9 Å². The van der Waals surface area contributed by atoms with E-state index in [-0.39, 0.29) is 4.90 Å². The molecule has 0 amide bonds. The lowest BCUT2D eigenvalue weighted by Crippen LogP contribution is -3.14. The predicted octanol–water partition coefficient (Wildman–Crippen LogP) is 0.431. The number of rotatable bonds is 8. The second-order valence-electron chi connectivity index (χ2n) is 5.39. The first-order chi connectivity index (χ1) is 11.0. The Bertz CT molecular complexity index is 603. The molecule has 23 heavy (non-hydrogen) atoms. The van der Waals surface area contributed by atoms with Gasteiger partial charge >= 0.3 is 0 Å². The summed E-state index contributed by atoms with van der Waals surface area (Å²) in [5.41, 5.74) is 0. The van der Waals surface area contributed by atoms with Gasteiger partial charge in [0.15, 0.2) is 0 Å². The zero-order valence-electron chi connectivity index (χ0n) is 13.3. The molecule has 0 aromatic heterocycles. The fourth-order valence-electron chi connectivity index (χ4n) is 2.46. The van der Waals surface area contributed by atoms with Crippen LogP contribution in [0.5, 0.6) is 5.75 Å². The SMILES string of the molecule is CCOc1cc(S(=O)(=O)NCCC[NH+]2CCOCC2)ccc1Br. The quantitative estimate of drug-likeness (QED) is 0.613. The van der Waals surface area contributed by atoms with Gasteiger partial charge in [0.2, 0.25) is 10.0 Å². The summed E-state index contributed by atoms with van der Waals surface area (Å²) in [6.07, 6.45) is 0.809. The van der Waals surface area contributed by atoms with Crippen LogP contribution in [0.3, 0.4) is 0 Å². The highest BCUT2D eigenvalue weighted by molar-refractivity contribution is 9.10. The number of sulfonamides is 1. The van der Waals surface area contributed by atoms with Crippen LogP contribution in [0, 0.1) is 0 Å². The fourth-order valence-corrected chi connectivity index (χ4v) is 3.91. The van der Waals surface area contributed by atoms with E-state index in [1.54, 1.807) is 18.2 Å². The van der Waals surface area contributed by atoms with Crippen LogP contribution in [0.15, 0.2) is 27.6 Å². The first kappa shape index (κ1) is 18.7. The van der Waals surface area contributed by atoms with Crippen molar-refractivity contribution < 1.29 is 22.8 Å². The lowest BCUT2D eigenvalue weighted by Gasteiger charge is -2.23. The van der Waals surface area contributed by atoms with E-state index in [1.807, 2.05) is 6.92 Å². The first-order valence-electron chi connectivity index (χ1n) is 7.86. The highest BCUT2D eigenvalue weighted by atomic mass is 79.9. The van der Waals surface area contributed by atoms with Crippen molar-refractivity contribution in [3.05, 3.63) is 22.7 Å². The number of halogens is 1. The van der Waals surface area contributed by atoms with E-state index in [1.165, 1.54) is 4.90 Å². The molecule has 1 aliphatic heterocycles. The largest absolute Gasteiger partial charge is 0.493 e. The van der Waals surface area contributed by atoms with Gasteiger partial charge in [0, 0.05) is 19.0 Å². The maximum Gasteiger partial charge on any atom is 0.240 e. The van der Waals surface area contributed by atoms with Crippen LogP contribution < -0.4 is 14.4 Å². The minimum Gasteiger partial charge on any atom is -0.493 e. The van der Waals surface area contributed by atoms with Gasteiger partial charge < -0.3 is 14.4 Å². The highest BCUT2D eigenvalue weighted by Crippen LogP contribution is 2.27. The van der Waals surface area contributed by atoms with Crippen molar-refractivity contribution in [2.45, 2.75) is 18.2 Å². The zero-order chi connectivity index (χ0) is 16.7. The van der Waals surface area contributed by atoms with Gasteiger partial charge in [-0.05, 0) is 35.0 Å². The van der Waals surface area contributed by atoms with Crippen LogP contribution in [-0.2, 0) is 14.8 Å². The van der Waals surface area contributed by atoms with Gasteiger partial charge in [-0.1, -0.05) is 0 Å². The number of quaternary nitrogens is 1. The first-order valence-corrected chi connectivity index (χ1v) is 10.1. The number of hydrogen-bond donors (Lipinski definition) is 2. The Balaban J connectivity index is 1.87. The Labute approximate surface area is 146 Å². The van der Waals surface area contributed by atoms with Gasteiger partial charge in [-0.3, -0.25) is 0 Å². The zero-order valence-corrected chi connectivity index (χ0v) is 15.7. The number of nitrogens with one attached hydrogen (secondary N) is 2. The highest BCUT2D eigenvalue weighted by Gasteiger charge is 2.17. The molecule has 130 valence electrons. The van der Waals surface area contributed by atoms with E-state index in [4.69, 9.17) is 9.47 Å². The minimum atomic E-state index is -3.51. The third kappa shape index (κ3) is 5.72. The molecule has 0 radical (unpaired) electrons. The second-order valence-corrected chi connectivity index (χ2v) is 8.01. The molecule has 0 saturated carbocycles. The third-order valence-electron chi connectivity index (χ3n) is 3.71. The van der Waals surface area contributed by atoms with Crippen LogP contribution in [0.4, 0.5) is 0 Å². The molecule has 2 N–H and O–H groups in total. The Hall–Kier alpha value is -0.670. The summed E-state index contributed by atoms with van der Waals surface area (Å²) in [5.74, 6) is 0.535. The van der Waals surface area contributed by atoms with Gasteiger partial charge in [-0.25, -0.2) is 13.1 Å². The Morgan fingerprint density at radius 3 is 2.78 bits per heavy atom. The van der Waals surface area contributed by atoms with Crippen molar-refractivity contribution in [3.8, 4) is 5.75 Å². The lowest BCUT2D eigenvalue weighted by molar-refractivity contribution is -0.908. The molecule has 1 saturated heterocycles. The summed E-state index contributed by atoms with van der Waals surface area (Å²) in [5, 5.41) is 0. The smallest absolute Gasteiger partial charge is 0.240 e. The molecule has 0 unspecified atom stereocenters. The van der Waals surface area contributed by atoms with E-state index in [0.717, 1.165) is 43.7 Å². The lowest BCUT2D eigenvalue weighted by atomic mass is 10.3. The van der Waals surface area contributed by atoms with Crippen molar-refractivity contribution in [2.24, 2.45) is 0 Å². The van der Waals surface area contributed by atoms with Crippen LogP contribution in [0.2, 0.25) is 0 Å². The summed E-state index contributed by atoms with van der Waals surface area (Å²) in [7, 11) is -3.51. The summed E-state index contributed by atoms with van der Waals surface area (Å²) in [4.78, 5) is 1.69. The van der Waals surface area contributed by atoms with Gasteiger partial charge in [0.25, 0.3) is 0 Å². The molecular formula is C15H24BrN2O4S+. The van der Waals surface area contributed by atoms with Crippen LogP contribution >= 0.6 is 15.9 Å². The Morgan fingerprint density at radius 2 is 2.09 bits per heavy atom. The molecule has 0 aliphatic carbocycles. The van der Waals surface area contributed by atoms with E-state index >= 15 is 0 Å². The summed E-state index contributed by atoms with van der Waals surface area (Å²) < 4.78 is 38.8. The molecular weight excluding hydrogens is 384 g/mol. The molecule has 1 fully saturated rings. The maximum absolute atomic E-state index is 12.3. The van der Waals surface area contributed by atoms with Gasteiger partial charge in [0.1, 0.15) is 18.8 Å². The second kappa shape index (κ2) is 8.98. The normalized spacial score (nSPS) is 16.4. The van der Waals surface area contributed by atoms with Crippen molar-refractivity contribution in [3.63, 3.8) is 0 Å². The summed E-state index contributed by atoms with van der Waals surface area (Å²) in [6.45, 7) is 7.31. The standard InChI is InChI=1S/C15H23BrN2O4S/c1-2-22-15-12-13(4-5-14(15)16)23(19,20)17-6-3-7-18-8-10-21-11-9-18/h4-5,12,17H,2-3,6-11H2,1H3/p+1. The van der Waals surface area contributed by atoms with E-state index in [9.17, 15) is 8.42 Å². The maximum atomic E-state index is 12.3. The van der Waals surface area contributed by atoms with Crippen molar-refractivity contribution >= 4 is 26.0 Å². The molecule has 2 rings (SSSR count). The van der Waals surface area contributed by atoms with Crippen molar-refractivity contribution in [2.75, 3.05) is 46.0 Å². The van der Waals surface area contributed by atoms with Crippen LogP contribution in [0.25, 0.3) is 0 Å². The van der Waals surface area contributed by atoms with E-state index < -0.39 is 10.0 Å². The molecule has 1 aromatic carbocycles. The van der Waals surface area contributed by atoms with Crippen molar-refractivity contribution in [1.82, 2.24) is 4.72 Å². The van der Waals surface area contributed by atoms with Gasteiger partial charge in [-0.2, -0.15) is 0 Å². The number of ether oxygens (including phenoxy) is 2. The predicted molar refractivity (Wildman–Crippen MR) is 91.5 cm³/mol. The topological polar surface area (TPSA) is 69.1 Å². The molecule has 8 heteroatoms. The average molecular weight is 408 g/mol. The van der Waals surface area contributed by atoms with Crippen LogP contribution in [-0.4, -0.2) is 54.4 Å². The number of benzene rings is 1. The van der Waals surface area contributed by atoms with Gasteiger partial charge in [-0.15, -0.1) is 0 Å². The molecule has 1 heterocycles. The molecule has 1 aromatic rings. The minimum absolute atomic E-state index is 0.225.